The summed E-state index contributed by atoms with van der Waals surface area (Å²) >= 11 is 4.69. The standard InChI is InChI=1S/C19H13BrFN5OS/c1-11-17(28-19(24-11)12-2-5-14(21)6-3-12)18(27)25-15-8-13(20)4-7-16(15)26-10-22-9-23-26/h2-10H,1H3,(H,25,27). The average molecular weight is 458 g/mol. The number of anilines is 1. The van der Waals surface area contributed by atoms with E-state index in [1.165, 1.54) is 29.8 Å². The van der Waals surface area contributed by atoms with E-state index in [9.17, 15) is 9.18 Å². The summed E-state index contributed by atoms with van der Waals surface area (Å²) in [7, 11) is 0. The number of nitrogens with one attached hydrogen (secondary N) is 1. The lowest BCUT2D eigenvalue weighted by Crippen LogP contribution is -2.14. The minimum atomic E-state index is -0.315. The van der Waals surface area contributed by atoms with Gasteiger partial charge >= 0.3 is 0 Å². The third kappa shape index (κ3) is 3.71. The summed E-state index contributed by atoms with van der Waals surface area (Å²) in [6, 6.07) is 11.5. The molecule has 0 atom stereocenters. The van der Waals surface area contributed by atoms with Crippen LogP contribution in [-0.4, -0.2) is 25.7 Å². The number of carbonyl (C=O) groups is 1. The van der Waals surface area contributed by atoms with Crippen LogP contribution >= 0.6 is 27.3 Å². The van der Waals surface area contributed by atoms with Gasteiger partial charge in [-0.15, -0.1) is 11.3 Å². The molecule has 2 aromatic heterocycles. The van der Waals surface area contributed by atoms with E-state index in [1.807, 2.05) is 12.1 Å². The highest BCUT2D eigenvalue weighted by atomic mass is 79.9. The van der Waals surface area contributed by atoms with Crippen molar-refractivity contribution >= 4 is 38.9 Å². The number of hydrogen-bond donors (Lipinski definition) is 1. The van der Waals surface area contributed by atoms with Crippen LogP contribution in [0.15, 0.2) is 59.6 Å². The van der Waals surface area contributed by atoms with Gasteiger partial charge in [0, 0.05) is 10.0 Å². The number of aromatic nitrogens is 4. The van der Waals surface area contributed by atoms with Gasteiger partial charge in [-0.3, -0.25) is 4.79 Å². The Morgan fingerprint density at radius 3 is 2.71 bits per heavy atom. The molecule has 0 unspecified atom stereocenters. The van der Waals surface area contributed by atoms with Crippen molar-refractivity contribution in [1.29, 1.82) is 0 Å². The van der Waals surface area contributed by atoms with Crippen LogP contribution < -0.4 is 5.32 Å². The Bertz CT molecular complexity index is 1140. The molecule has 0 spiro atoms. The summed E-state index contributed by atoms with van der Waals surface area (Å²) in [6.45, 7) is 1.78. The minimum absolute atomic E-state index is 0.275. The molecule has 28 heavy (non-hydrogen) atoms. The summed E-state index contributed by atoms with van der Waals surface area (Å²) in [4.78, 5) is 21.8. The van der Waals surface area contributed by atoms with E-state index in [0.717, 1.165) is 10.0 Å². The Kier molecular flexibility index (Phi) is 5.01. The van der Waals surface area contributed by atoms with Crippen LogP contribution in [0.2, 0.25) is 0 Å². The molecule has 1 amide bonds. The van der Waals surface area contributed by atoms with Gasteiger partial charge in [-0.05, 0) is 49.4 Å². The smallest absolute Gasteiger partial charge is 0.267 e. The highest BCUT2D eigenvalue weighted by Crippen LogP contribution is 2.30. The summed E-state index contributed by atoms with van der Waals surface area (Å²) < 4.78 is 15.5. The van der Waals surface area contributed by atoms with E-state index < -0.39 is 0 Å². The molecular weight excluding hydrogens is 445 g/mol. The monoisotopic (exact) mass is 457 g/mol. The number of benzene rings is 2. The largest absolute Gasteiger partial charge is 0.319 e. The van der Waals surface area contributed by atoms with E-state index in [-0.39, 0.29) is 11.7 Å². The molecule has 140 valence electrons. The molecule has 2 aromatic carbocycles. The third-order valence-electron chi connectivity index (χ3n) is 3.97. The Morgan fingerprint density at radius 1 is 1.21 bits per heavy atom. The zero-order valence-corrected chi connectivity index (χ0v) is 17.0. The van der Waals surface area contributed by atoms with Gasteiger partial charge < -0.3 is 5.32 Å². The van der Waals surface area contributed by atoms with E-state index in [4.69, 9.17) is 0 Å². The van der Waals surface area contributed by atoms with E-state index in [1.54, 1.807) is 36.1 Å². The molecule has 0 aliphatic heterocycles. The van der Waals surface area contributed by atoms with Gasteiger partial charge in [0.25, 0.3) is 5.91 Å². The molecule has 0 bridgehead atoms. The van der Waals surface area contributed by atoms with Crippen molar-refractivity contribution in [3.63, 3.8) is 0 Å². The number of hydrogen-bond acceptors (Lipinski definition) is 5. The maximum Gasteiger partial charge on any atom is 0.267 e. The topological polar surface area (TPSA) is 72.7 Å². The Labute approximate surface area is 172 Å². The van der Waals surface area contributed by atoms with Crippen LogP contribution in [0.5, 0.6) is 0 Å². The van der Waals surface area contributed by atoms with Crippen molar-refractivity contribution in [2.24, 2.45) is 0 Å². The molecule has 4 rings (SSSR count). The first kappa shape index (κ1) is 18.5. The molecular formula is C19H13BrFN5OS. The molecule has 0 saturated carbocycles. The molecule has 0 radical (unpaired) electrons. The predicted octanol–water partition coefficient (Wildman–Crippen LogP) is 4.85. The Hall–Kier alpha value is -2.91. The number of amides is 1. The number of nitrogens with zero attached hydrogens (tertiary/aromatic N) is 4. The minimum Gasteiger partial charge on any atom is -0.319 e. The van der Waals surface area contributed by atoms with Crippen LogP contribution in [0.1, 0.15) is 15.4 Å². The molecule has 9 heteroatoms. The normalized spacial score (nSPS) is 10.8. The molecule has 4 aromatic rings. The fraction of sp³-hybridized carbons (Fsp3) is 0.0526. The van der Waals surface area contributed by atoms with Crippen LogP contribution in [0.3, 0.4) is 0 Å². The van der Waals surface area contributed by atoms with Crippen LogP contribution in [0.4, 0.5) is 10.1 Å². The second-order valence-electron chi connectivity index (χ2n) is 5.90. The lowest BCUT2D eigenvalue weighted by molar-refractivity contribution is 0.102. The number of halogens is 2. The van der Waals surface area contributed by atoms with Gasteiger partial charge in [-0.25, -0.2) is 19.0 Å². The van der Waals surface area contributed by atoms with Gasteiger partial charge in [-0.1, -0.05) is 15.9 Å². The highest BCUT2D eigenvalue weighted by molar-refractivity contribution is 9.10. The molecule has 0 aliphatic rings. The average Bonchev–Trinajstić information content (AvgIpc) is 3.32. The zero-order valence-electron chi connectivity index (χ0n) is 14.6. The lowest BCUT2D eigenvalue weighted by Gasteiger charge is -2.11. The van der Waals surface area contributed by atoms with Crippen LogP contribution in [0, 0.1) is 12.7 Å². The van der Waals surface area contributed by atoms with Crippen molar-refractivity contribution in [3.8, 4) is 16.3 Å². The number of aryl methyl sites for hydroxylation is 1. The van der Waals surface area contributed by atoms with Crippen LogP contribution in [-0.2, 0) is 0 Å². The van der Waals surface area contributed by atoms with Gasteiger partial charge in [0.05, 0.1) is 17.1 Å². The maximum absolute atomic E-state index is 13.1. The van der Waals surface area contributed by atoms with Gasteiger partial charge in [0.15, 0.2) is 0 Å². The highest BCUT2D eigenvalue weighted by Gasteiger charge is 2.18. The van der Waals surface area contributed by atoms with Gasteiger partial charge in [0.1, 0.15) is 28.4 Å². The first-order valence-electron chi connectivity index (χ1n) is 8.20. The molecule has 0 fully saturated rings. The summed E-state index contributed by atoms with van der Waals surface area (Å²) in [5.74, 6) is -0.590. The molecule has 1 N–H and O–H groups in total. The summed E-state index contributed by atoms with van der Waals surface area (Å²) in [5.41, 5.74) is 2.65. The Morgan fingerprint density at radius 2 is 2.00 bits per heavy atom. The van der Waals surface area contributed by atoms with Crippen LogP contribution in [0.25, 0.3) is 16.3 Å². The van der Waals surface area contributed by atoms with Crippen molar-refractivity contribution in [2.75, 3.05) is 5.32 Å². The van der Waals surface area contributed by atoms with Crippen molar-refractivity contribution < 1.29 is 9.18 Å². The van der Waals surface area contributed by atoms with Crippen molar-refractivity contribution in [3.05, 3.63) is 76.0 Å². The van der Waals surface area contributed by atoms with E-state index in [0.29, 0.717) is 27.0 Å². The molecule has 0 aliphatic carbocycles. The quantitative estimate of drug-likeness (QED) is 0.475. The Balaban J connectivity index is 1.65. The first-order valence-corrected chi connectivity index (χ1v) is 9.81. The van der Waals surface area contributed by atoms with Crippen molar-refractivity contribution in [2.45, 2.75) is 6.92 Å². The third-order valence-corrected chi connectivity index (χ3v) is 5.66. The van der Waals surface area contributed by atoms with Crippen molar-refractivity contribution in [1.82, 2.24) is 19.7 Å². The number of thiazole rings is 1. The molecule has 6 nitrogen and oxygen atoms in total. The zero-order chi connectivity index (χ0) is 19.7. The fourth-order valence-corrected chi connectivity index (χ4v) is 3.97. The van der Waals surface area contributed by atoms with E-state index >= 15 is 0 Å². The predicted molar refractivity (Wildman–Crippen MR) is 109 cm³/mol. The van der Waals surface area contributed by atoms with Gasteiger partial charge in [0.2, 0.25) is 0 Å². The van der Waals surface area contributed by atoms with Gasteiger partial charge in [-0.2, -0.15) is 5.10 Å². The summed E-state index contributed by atoms with van der Waals surface area (Å²) in [6.07, 6.45) is 2.99. The lowest BCUT2D eigenvalue weighted by atomic mass is 10.2. The second-order valence-corrected chi connectivity index (χ2v) is 7.81. The SMILES string of the molecule is Cc1nc(-c2ccc(F)cc2)sc1C(=O)Nc1cc(Br)ccc1-n1cncn1. The molecule has 2 heterocycles. The first-order chi connectivity index (χ1) is 13.5. The number of carbonyl (C=O) groups excluding carboxylic acids is 1. The fourth-order valence-electron chi connectivity index (χ4n) is 2.64. The molecule has 0 saturated heterocycles. The maximum atomic E-state index is 13.1. The number of rotatable bonds is 4. The van der Waals surface area contributed by atoms with E-state index in [2.05, 4.69) is 36.3 Å². The second kappa shape index (κ2) is 7.61. The summed E-state index contributed by atoms with van der Waals surface area (Å²) in [5, 5.41) is 7.71.